The molecule has 0 saturated carbocycles. The van der Waals surface area contributed by atoms with Crippen molar-refractivity contribution in [2.75, 3.05) is 19.0 Å². The van der Waals surface area contributed by atoms with Crippen molar-refractivity contribution in [2.24, 2.45) is 0 Å². The highest BCUT2D eigenvalue weighted by molar-refractivity contribution is 5.94. The van der Waals surface area contributed by atoms with E-state index in [9.17, 15) is 4.79 Å². The first-order valence-electron chi connectivity index (χ1n) is 8.87. The number of methoxy groups -OCH3 is 1. The summed E-state index contributed by atoms with van der Waals surface area (Å²) < 4.78 is 16.5. The maximum absolute atomic E-state index is 12.4. The van der Waals surface area contributed by atoms with Crippen molar-refractivity contribution in [3.63, 3.8) is 0 Å². The second-order valence-electron chi connectivity index (χ2n) is 6.08. The van der Waals surface area contributed by atoms with Gasteiger partial charge in [0.2, 0.25) is 0 Å². The smallest absolute Gasteiger partial charge is 0.265 e. The molecule has 1 amide bonds. The number of rotatable bonds is 7. The normalized spacial score (nSPS) is 11.7. The summed E-state index contributed by atoms with van der Waals surface area (Å²) in [5.74, 6) is 1.96. The number of amides is 1. The second kappa shape index (κ2) is 8.45. The van der Waals surface area contributed by atoms with E-state index in [0.29, 0.717) is 18.0 Å². The minimum Gasteiger partial charge on any atom is -0.497 e. The van der Waals surface area contributed by atoms with Crippen LogP contribution in [0.2, 0.25) is 0 Å². The first-order chi connectivity index (χ1) is 13.1. The first kappa shape index (κ1) is 18.6. The molecule has 27 heavy (non-hydrogen) atoms. The van der Waals surface area contributed by atoms with Gasteiger partial charge >= 0.3 is 0 Å². The average molecular weight is 365 g/mol. The summed E-state index contributed by atoms with van der Waals surface area (Å²) in [7, 11) is 1.63. The topological polar surface area (TPSA) is 56.8 Å². The summed E-state index contributed by atoms with van der Waals surface area (Å²) in [5, 5.41) is 4.92. The molecule has 0 bridgehead atoms. The number of ether oxygens (including phenoxy) is 3. The van der Waals surface area contributed by atoms with Gasteiger partial charge in [0.25, 0.3) is 5.91 Å². The molecule has 0 spiro atoms. The lowest BCUT2D eigenvalue weighted by Gasteiger charge is -2.15. The summed E-state index contributed by atoms with van der Waals surface area (Å²) in [4.78, 5) is 12.4. The van der Waals surface area contributed by atoms with Crippen LogP contribution in [0.4, 0.5) is 5.69 Å². The van der Waals surface area contributed by atoms with Crippen LogP contribution in [-0.4, -0.2) is 25.7 Å². The van der Waals surface area contributed by atoms with E-state index in [0.717, 1.165) is 22.3 Å². The van der Waals surface area contributed by atoms with Crippen LogP contribution < -0.4 is 19.5 Å². The van der Waals surface area contributed by atoms with Crippen LogP contribution in [0.25, 0.3) is 10.8 Å². The standard InChI is InChI=1S/C22H23NO4/c1-4-26-19-11-7-18(8-12-19)23-22(24)15(2)27-21-10-6-16-5-9-20(25-3)13-17(16)14-21/h5-15H,4H2,1-3H3,(H,23,24). The molecule has 1 atom stereocenters. The number of fused-ring (bicyclic) bond motifs is 1. The highest BCUT2D eigenvalue weighted by Crippen LogP contribution is 2.25. The van der Waals surface area contributed by atoms with Crippen molar-refractivity contribution in [3.8, 4) is 17.2 Å². The largest absolute Gasteiger partial charge is 0.497 e. The van der Waals surface area contributed by atoms with Gasteiger partial charge in [-0.3, -0.25) is 4.79 Å². The molecule has 0 fully saturated rings. The third-order valence-electron chi connectivity index (χ3n) is 4.13. The molecule has 1 unspecified atom stereocenters. The summed E-state index contributed by atoms with van der Waals surface area (Å²) in [5.41, 5.74) is 0.696. The molecule has 5 nitrogen and oxygen atoms in total. The fraction of sp³-hybridized carbons (Fsp3) is 0.227. The predicted octanol–water partition coefficient (Wildman–Crippen LogP) is 4.65. The Kier molecular flexibility index (Phi) is 5.81. The van der Waals surface area contributed by atoms with Crippen LogP contribution >= 0.6 is 0 Å². The van der Waals surface area contributed by atoms with E-state index >= 15 is 0 Å². The van der Waals surface area contributed by atoms with Gasteiger partial charge in [-0.25, -0.2) is 0 Å². The molecule has 0 aromatic heterocycles. The molecule has 0 radical (unpaired) electrons. The van der Waals surface area contributed by atoms with E-state index < -0.39 is 6.10 Å². The molecule has 3 aromatic carbocycles. The zero-order chi connectivity index (χ0) is 19.2. The fourth-order valence-electron chi connectivity index (χ4n) is 2.71. The minimum atomic E-state index is -0.639. The van der Waals surface area contributed by atoms with Gasteiger partial charge in [0.1, 0.15) is 17.2 Å². The first-order valence-corrected chi connectivity index (χ1v) is 8.87. The molecular weight excluding hydrogens is 342 g/mol. The van der Waals surface area contributed by atoms with Crippen molar-refractivity contribution in [1.82, 2.24) is 0 Å². The Balaban J connectivity index is 1.65. The molecule has 1 N–H and O–H groups in total. The van der Waals surface area contributed by atoms with Crippen LogP contribution in [-0.2, 0) is 4.79 Å². The van der Waals surface area contributed by atoms with Crippen molar-refractivity contribution in [1.29, 1.82) is 0 Å². The van der Waals surface area contributed by atoms with Gasteiger partial charge in [-0.15, -0.1) is 0 Å². The molecule has 0 aliphatic rings. The summed E-state index contributed by atoms with van der Waals surface area (Å²) in [6, 6.07) is 18.8. The van der Waals surface area contributed by atoms with Crippen molar-refractivity contribution < 1.29 is 19.0 Å². The third kappa shape index (κ3) is 4.70. The highest BCUT2D eigenvalue weighted by atomic mass is 16.5. The Morgan fingerprint density at radius 2 is 1.56 bits per heavy atom. The summed E-state index contributed by atoms with van der Waals surface area (Å²) in [6.45, 7) is 4.26. The molecule has 0 heterocycles. The van der Waals surface area contributed by atoms with Crippen molar-refractivity contribution in [2.45, 2.75) is 20.0 Å². The minimum absolute atomic E-state index is 0.218. The molecule has 3 rings (SSSR count). The van der Waals surface area contributed by atoms with E-state index in [-0.39, 0.29) is 5.91 Å². The van der Waals surface area contributed by atoms with Gasteiger partial charge in [-0.1, -0.05) is 12.1 Å². The van der Waals surface area contributed by atoms with Crippen LogP contribution in [0.5, 0.6) is 17.2 Å². The number of nitrogens with one attached hydrogen (secondary N) is 1. The lowest BCUT2D eigenvalue weighted by Crippen LogP contribution is -2.30. The van der Waals surface area contributed by atoms with Crippen LogP contribution in [0.1, 0.15) is 13.8 Å². The van der Waals surface area contributed by atoms with Crippen LogP contribution in [0.15, 0.2) is 60.7 Å². The molecule has 0 saturated heterocycles. The number of carbonyl (C=O) groups is 1. The number of benzene rings is 3. The Morgan fingerprint density at radius 3 is 2.22 bits per heavy atom. The van der Waals surface area contributed by atoms with Gasteiger partial charge < -0.3 is 19.5 Å². The van der Waals surface area contributed by atoms with Gasteiger partial charge in [0.15, 0.2) is 6.10 Å². The Morgan fingerprint density at radius 1 is 0.926 bits per heavy atom. The third-order valence-corrected chi connectivity index (χ3v) is 4.13. The summed E-state index contributed by atoms with van der Waals surface area (Å²) in [6.07, 6.45) is -0.639. The fourth-order valence-corrected chi connectivity index (χ4v) is 2.71. The van der Waals surface area contributed by atoms with Crippen molar-refractivity contribution >= 4 is 22.4 Å². The average Bonchev–Trinajstić information content (AvgIpc) is 2.69. The lowest BCUT2D eigenvalue weighted by molar-refractivity contribution is -0.122. The number of hydrogen-bond acceptors (Lipinski definition) is 4. The Bertz CT molecular complexity index is 921. The van der Waals surface area contributed by atoms with Gasteiger partial charge in [-0.05, 0) is 73.2 Å². The molecular formula is C22H23NO4. The quantitative estimate of drug-likeness (QED) is 0.662. The summed E-state index contributed by atoms with van der Waals surface area (Å²) >= 11 is 0. The predicted molar refractivity (Wildman–Crippen MR) is 107 cm³/mol. The zero-order valence-corrected chi connectivity index (χ0v) is 15.7. The lowest BCUT2D eigenvalue weighted by atomic mass is 10.1. The van der Waals surface area contributed by atoms with Gasteiger partial charge in [0, 0.05) is 5.69 Å². The molecule has 140 valence electrons. The Hall–Kier alpha value is -3.21. The van der Waals surface area contributed by atoms with Crippen LogP contribution in [0.3, 0.4) is 0 Å². The van der Waals surface area contributed by atoms with Gasteiger partial charge in [0.05, 0.1) is 13.7 Å². The number of anilines is 1. The zero-order valence-electron chi connectivity index (χ0n) is 15.7. The SMILES string of the molecule is CCOc1ccc(NC(=O)C(C)Oc2ccc3ccc(OC)cc3c2)cc1. The molecule has 0 aliphatic heterocycles. The van der Waals surface area contributed by atoms with E-state index in [1.54, 1.807) is 26.2 Å². The molecule has 0 aliphatic carbocycles. The number of hydrogen-bond donors (Lipinski definition) is 1. The van der Waals surface area contributed by atoms with E-state index in [1.165, 1.54) is 0 Å². The van der Waals surface area contributed by atoms with E-state index in [4.69, 9.17) is 14.2 Å². The maximum atomic E-state index is 12.4. The van der Waals surface area contributed by atoms with Gasteiger partial charge in [-0.2, -0.15) is 0 Å². The van der Waals surface area contributed by atoms with Crippen LogP contribution in [0, 0.1) is 0 Å². The monoisotopic (exact) mass is 365 g/mol. The highest BCUT2D eigenvalue weighted by Gasteiger charge is 2.15. The molecule has 5 heteroatoms. The molecule has 3 aromatic rings. The number of carbonyl (C=O) groups excluding carboxylic acids is 1. The van der Waals surface area contributed by atoms with Crippen molar-refractivity contribution in [3.05, 3.63) is 60.7 Å². The van der Waals surface area contributed by atoms with E-state index in [1.807, 2.05) is 55.5 Å². The second-order valence-corrected chi connectivity index (χ2v) is 6.08. The Labute approximate surface area is 158 Å². The maximum Gasteiger partial charge on any atom is 0.265 e. The van der Waals surface area contributed by atoms with E-state index in [2.05, 4.69) is 5.32 Å².